The molecule has 0 saturated heterocycles. The molecule has 11 heteroatoms. The SMILES string of the molecule is CC(NC(N)=NCC(=O)N(C)CC(F)(F)F)c1ccc(Cl)cc1Cl.I. The van der Waals surface area contributed by atoms with Crippen molar-refractivity contribution in [1.29, 1.82) is 0 Å². The fourth-order valence-electron chi connectivity index (χ4n) is 1.83. The van der Waals surface area contributed by atoms with Gasteiger partial charge in [-0.3, -0.25) is 4.79 Å². The fourth-order valence-corrected chi connectivity index (χ4v) is 2.40. The van der Waals surface area contributed by atoms with Crippen molar-refractivity contribution in [2.24, 2.45) is 10.7 Å². The van der Waals surface area contributed by atoms with Gasteiger partial charge in [-0.05, 0) is 24.6 Å². The van der Waals surface area contributed by atoms with Crippen molar-refractivity contribution in [3.63, 3.8) is 0 Å². The van der Waals surface area contributed by atoms with Gasteiger partial charge in [-0.25, -0.2) is 4.99 Å². The van der Waals surface area contributed by atoms with Gasteiger partial charge in [-0.1, -0.05) is 29.3 Å². The molecule has 1 aromatic rings. The molecule has 1 amide bonds. The van der Waals surface area contributed by atoms with Gasteiger partial charge in [0.25, 0.3) is 0 Å². The molecular weight excluding hydrogens is 495 g/mol. The molecule has 1 aromatic carbocycles. The van der Waals surface area contributed by atoms with E-state index < -0.39 is 25.2 Å². The predicted molar refractivity (Wildman–Crippen MR) is 104 cm³/mol. The van der Waals surface area contributed by atoms with Crippen LogP contribution in [0.25, 0.3) is 0 Å². The first-order chi connectivity index (χ1) is 11.0. The number of carbonyl (C=O) groups excluding carboxylic acids is 1. The van der Waals surface area contributed by atoms with Crippen LogP contribution in [0.5, 0.6) is 0 Å². The van der Waals surface area contributed by atoms with E-state index in [0.29, 0.717) is 20.5 Å². The normalized spacial score (nSPS) is 13.0. The van der Waals surface area contributed by atoms with Gasteiger partial charge in [-0.2, -0.15) is 13.2 Å². The number of benzene rings is 1. The number of nitrogens with two attached hydrogens (primary N) is 1. The molecule has 0 spiro atoms. The van der Waals surface area contributed by atoms with Crippen LogP contribution in [0.4, 0.5) is 13.2 Å². The number of guanidine groups is 1. The molecule has 0 aliphatic heterocycles. The number of likely N-dealkylation sites (N-methyl/N-ethyl adjacent to an activating group) is 1. The van der Waals surface area contributed by atoms with Gasteiger partial charge in [0, 0.05) is 17.1 Å². The molecule has 1 rings (SSSR count). The van der Waals surface area contributed by atoms with Crippen LogP contribution in [0.3, 0.4) is 0 Å². The monoisotopic (exact) mass is 512 g/mol. The molecule has 0 heterocycles. The Morgan fingerprint density at radius 3 is 2.52 bits per heavy atom. The van der Waals surface area contributed by atoms with Crippen LogP contribution in [-0.4, -0.2) is 43.1 Å². The zero-order valence-electron chi connectivity index (χ0n) is 13.4. The van der Waals surface area contributed by atoms with E-state index in [4.69, 9.17) is 28.9 Å². The van der Waals surface area contributed by atoms with Crippen LogP contribution in [0.1, 0.15) is 18.5 Å². The number of amides is 1. The predicted octanol–water partition coefficient (Wildman–Crippen LogP) is 3.60. The van der Waals surface area contributed by atoms with Gasteiger partial charge >= 0.3 is 6.18 Å². The molecule has 0 bridgehead atoms. The zero-order chi connectivity index (χ0) is 18.5. The summed E-state index contributed by atoms with van der Waals surface area (Å²) in [6.07, 6.45) is -4.46. The summed E-state index contributed by atoms with van der Waals surface area (Å²) in [5.74, 6) is -0.878. The standard InChI is InChI=1S/C14H17Cl2F3N4O.HI/c1-8(10-4-3-9(15)5-11(10)16)22-13(20)21-6-12(24)23(2)7-14(17,18)19;/h3-5,8H,6-7H2,1-2H3,(H3,20,21,22);1H. The molecule has 5 nitrogen and oxygen atoms in total. The maximum atomic E-state index is 12.2. The number of aliphatic imine (C=N–C) groups is 1. The Kier molecular flexibility index (Phi) is 9.88. The van der Waals surface area contributed by atoms with Gasteiger partial charge in [0.1, 0.15) is 13.1 Å². The first-order valence-corrected chi connectivity index (χ1v) is 7.57. The second-order valence-electron chi connectivity index (χ2n) is 5.10. The summed E-state index contributed by atoms with van der Waals surface area (Å²) in [6, 6.07) is 4.60. The molecule has 25 heavy (non-hydrogen) atoms. The second kappa shape index (κ2) is 10.3. The van der Waals surface area contributed by atoms with Crippen molar-refractivity contribution >= 4 is 59.0 Å². The van der Waals surface area contributed by atoms with Crippen LogP contribution in [-0.2, 0) is 4.79 Å². The largest absolute Gasteiger partial charge is 0.406 e. The number of carbonyl (C=O) groups is 1. The minimum atomic E-state index is -4.46. The first kappa shape index (κ1) is 24.1. The highest BCUT2D eigenvalue weighted by molar-refractivity contribution is 14.0. The van der Waals surface area contributed by atoms with Crippen molar-refractivity contribution < 1.29 is 18.0 Å². The number of rotatable bonds is 5. The summed E-state index contributed by atoms with van der Waals surface area (Å²) in [5, 5.41) is 3.72. The molecule has 1 atom stereocenters. The molecule has 0 fully saturated rings. The molecule has 3 N–H and O–H groups in total. The lowest BCUT2D eigenvalue weighted by atomic mass is 10.1. The maximum Gasteiger partial charge on any atom is 0.406 e. The smallest absolute Gasteiger partial charge is 0.370 e. The number of hydrogen-bond acceptors (Lipinski definition) is 2. The fraction of sp³-hybridized carbons (Fsp3) is 0.429. The Hall–Kier alpha value is -0.940. The minimum absolute atomic E-state index is 0. The Morgan fingerprint density at radius 2 is 2.00 bits per heavy atom. The molecular formula is C14H18Cl2F3IN4O. The second-order valence-corrected chi connectivity index (χ2v) is 5.94. The number of nitrogens with zero attached hydrogens (tertiary/aromatic N) is 2. The van der Waals surface area contributed by atoms with Crippen LogP contribution >= 0.6 is 47.2 Å². The molecule has 142 valence electrons. The summed E-state index contributed by atoms with van der Waals surface area (Å²) in [4.78, 5) is 15.9. The van der Waals surface area contributed by atoms with Crippen LogP contribution in [0.2, 0.25) is 10.0 Å². The molecule has 0 radical (unpaired) electrons. The average molecular weight is 513 g/mol. The summed E-state index contributed by atoms with van der Waals surface area (Å²) in [7, 11) is 1.05. The third-order valence-corrected chi connectivity index (χ3v) is 3.58. The first-order valence-electron chi connectivity index (χ1n) is 6.81. The van der Waals surface area contributed by atoms with Gasteiger partial charge in [-0.15, -0.1) is 24.0 Å². The molecule has 1 unspecified atom stereocenters. The number of nitrogens with one attached hydrogen (secondary N) is 1. The minimum Gasteiger partial charge on any atom is -0.370 e. The van der Waals surface area contributed by atoms with E-state index in [-0.39, 0.29) is 36.0 Å². The van der Waals surface area contributed by atoms with Crippen molar-refractivity contribution in [2.75, 3.05) is 20.1 Å². The quantitative estimate of drug-likeness (QED) is 0.360. The molecule has 0 aliphatic carbocycles. The van der Waals surface area contributed by atoms with Crippen LogP contribution < -0.4 is 11.1 Å². The van der Waals surface area contributed by atoms with E-state index >= 15 is 0 Å². The highest BCUT2D eigenvalue weighted by Gasteiger charge is 2.31. The summed E-state index contributed by atoms with van der Waals surface area (Å²) in [6.45, 7) is -0.0763. The van der Waals surface area contributed by atoms with Crippen LogP contribution in [0.15, 0.2) is 23.2 Å². The van der Waals surface area contributed by atoms with E-state index in [9.17, 15) is 18.0 Å². The van der Waals surface area contributed by atoms with E-state index in [1.807, 2.05) is 0 Å². The van der Waals surface area contributed by atoms with E-state index in [0.717, 1.165) is 7.05 Å². The molecule has 0 saturated carbocycles. The number of hydrogen-bond donors (Lipinski definition) is 2. The van der Waals surface area contributed by atoms with Gasteiger partial charge in [0.05, 0.1) is 6.04 Å². The maximum absolute atomic E-state index is 12.2. The Balaban J connectivity index is 0.00000576. The van der Waals surface area contributed by atoms with Crippen molar-refractivity contribution in [2.45, 2.75) is 19.1 Å². The zero-order valence-corrected chi connectivity index (χ0v) is 17.2. The average Bonchev–Trinajstić information content (AvgIpc) is 2.42. The van der Waals surface area contributed by atoms with Crippen molar-refractivity contribution in [3.8, 4) is 0 Å². The van der Waals surface area contributed by atoms with E-state index in [1.165, 1.54) is 0 Å². The van der Waals surface area contributed by atoms with Gasteiger partial charge < -0.3 is 16.0 Å². The topological polar surface area (TPSA) is 70.7 Å². The third-order valence-electron chi connectivity index (χ3n) is 3.02. The van der Waals surface area contributed by atoms with E-state index in [2.05, 4.69) is 10.3 Å². The molecule has 0 aromatic heterocycles. The van der Waals surface area contributed by atoms with Crippen LogP contribution in [0, 0.1) is 0 Å². The summed E-state index contributed by atoms with van der Waals surface area (Å²) < 4.78 is 36.6. The van der Waals surface area contributed by atoms with Crippen molar-refractivity contribution in [1.82, 2.24) is 10.2 Å². The number of alkyl halides is 3. The highest BCUT2D eigenvalue weighted by Crippen LogP contribution is 2.25. The van der Waals surface area contributed by atoms with Gasteiger partial charge in [0.15, 0.2) is 5.96 Å². The number of halogens is 6. The summed E-state index contributed by atoms with van der Waals surface area (Å²) in [5.41, 5.74) is 6.35. The Labute approximate surface area is 170 Å². The van der Waals surface area contributed by atoms with Crippen molar-refractivity contribution in [3.05, 3.63) is 33.8 Å². The lowest BCUT2D eigenvalue weighted by molar-refractivity contribution is -0.157. The Bertz CT molecular complexity index is 629. The molecule has 0 aliphatic rings. The van der Waals surface area contributed by atoms with Gasteiger partial charge in [0.2, 0.25) is 5.91 Å². The lowest BCUT2D eigenvalue weighted by Gasteiger charge is -2.19. The third kappa shape index (κ3) is 8.82. The lowest BCUT2D eigenvalue weighted by Crippen LogP contribution is -2.39. The summed E-state index contributed by atoms with van der Waals surface area (Å²) >= 11 is 11.9. The van der Waals surface area contributed by atoms with E-state index in [1.54, 1.807) is 25.1 Å². The highest BCUT2D eigenvalue weighted by atomic mass is 127. The Morgan fingerprint density at radius 1 is 1.40 bits per heavy atom.